The van der Waals surface area contributed by atoms with Crippen molar-refractivity contribution in [2.75, 3.05) is 34.0 Å². The highest BCUT2D eigenvalue weighted by Crippen LogP contribution is 2.11. The third-order valence-corrected chi connectivity index (χ3v) is 3.24. The molecule has 0 fully saturated rings. The monoisotopic (exact) mass is 244 g/mol. The molecule has 1 atom stereocenters. The summed E-state index contributed by atoms with van der Waals surface area (Å²) in [4.78, 5) is 4.44. The standard InChI is InChI=1S/C11H20N2O2S/c1-9-8-16-11(13-9)6-10(12-2)7-15-5-4-14-3/h8,10,12H,4-7H2,1-3H3. The Kier molecular flexibility index (Phi) is 6.56. The second-order valence-corrected chi connectivity index (χ2v) is 4.58. The molecule has 0 amide bonds. The number of aromatic nitrogens is 1. The zero-order valence-corrected chi connectivity index (χ0v) is 11.0. The van der Waals surface area contributed by atoms with Crippen molar-refractivity contribution in [3.8, 4) is 0 Å². The molecule has 92 valence electrons. The van der Waals surface area contributed by atoms with Crippen LogP contribution in [0.4, 0.5) is 0 Å². The minimum absolute atomic E-state index is 0.322. The number of ether oxygens (including phenoxy) is 2. The van der Waals surface area contributed by atoms with E-state index in [0.29, 0.717) is 25.9 Å². The van der Waals surface area contributed by atoms with Crippen LogP contribution in [0, 0.1) is 6.92 Å². The molecule has 0 aliphatic heterocycles. The Hall–Kier alpha value is -0.490. The molecular formula is C11H20N2O2S. The van der Waals surface area contributed by atoms with Crippen LogP contribution in [0.15, 0.2) is 5.38 Å². The van der Waals surface area contributed by atoms with Crippen LogP contribution >= 0.6 is 11.3 Å². The number of rotatable bonds is 8. The summed E-state index contributed by atoms with van der Waals surface area (Å²) in [7, 11) is 3.63. The third-order valence-electron chi connectivity index (χ3n) is 2.25. The molecule has 16 heavy (non-hydrogen) atoms. The van der Waals surface area contributed by atoms with Crippen LogP contribution in [-0.4, -0.2) is 45.0 Å². The van der Waals surface area contributed by atoms with Crippen LogP contribution < -0.4 is 5.32 Å². The number of nitrogens with zero attached hydrogens (tertiary/aromatic N) is 1. The Morgan fingerprint density at radius 3 is 2.88 bits per heavy atom. The summed E-state index contributed by atoms with van der Waals surface area (Å²) in [6.07, 6.45) is 0.919. The minimum atomic E-state index is 0.322. The molecule has 1 heterocycles. The molecule has 0 spiro atoms. The smallest absolute Gasteiger partial charge is 0.0944 e. The van der Waals surface area contributed by atoms with Crippen molar-refractivity contribution >= 4 is 11.3 Å². The summed E-state index contributed by atoms with van der Waals surface area (Å²) in [5, 5.41) is 6.47. The quantitative estimate of drug-likeness (QED) is 0.699. The number of nitrogens with one attached hydrogen (secondary N) is 1. The molecule has 1 aromatic rings. The van der Waals surface area contributed by atoms with Gasteiger partial charge in [-0.3, -0.25) is 0 Å². The van der Waals surface area contributed by atoms with Gasteiger partial charge in [0.2, 0.25) is 0 Å². The lowest BCUT2D eigenvalue weighted by molar-refractivity contribution is 0.0597. The zero-order chi connectivity index (χ0) is 11.8. The van der Waals surface area contributed by atoms with E-state index < -0.39 is 0 Å². The molecule has 4 nitrogen and oxygen atoms in total. The van der Waals surface area contributed by atoms with E-state index in [9.17, 15) is 0 Å². The van der Waals surface area contributed by atoms with E-state index in [1.165, 1.54) is 0 Å². The van der Waals surface area contributed by atoms with Gasteiger partial charge in [0.15, 0.2) is 0 Å². The van der Waals surface area contributed by atoms with Crippen molar-refractivity contribution in [1.29, 1.82) is 0 Å². The average Bonchev–Trinajstić information content (AvgIpc) is 2.68. The number of hydrogen-bond acceptors (Lipinski definition) is 5. The number of thiazole rings is 1. The summed E-state index contributed by atoms with van der Waals surface area (Å²) < 4.78 is 10.4. The SMILES string of the molecule is CNC(COCCOC)Cc1nc(C)cs1. The first-order valence-corrected chi connectivity index (χ1v) is 6.29. The largest absolute Gasteiger partial charge is 0.382 e. The summed E-state index contributed by atoms with van der Waals surface area (Å²) in [6.45, 7) is 4.00. The molecule has 0 bridgehead atoms. The van der Waals surface area contributed by atoms with Crippen LogP contribution in [0.1, 0.15) is 10.7 Å². The summed E-state index contributed by atoms with van der Waals surface area (Å²) in [5.74, 6) is 0. The molecule has 0 aromatic carbocycles. The van der Waals surface area contributed by atoms with E-state index in [4.69, 9.17) is 9.47 Å². The van der Waals surface area contributed by atoms with Crippen LogP contribution in [0.25, 0.3) is 0 Å². The maximum Gasteiger partial charge on any atom is 0.0944 e. The van der Waals surface area contributed by atoms with Crippen molar-refractivity contribution in [3.05, 3.63) is 16.1 Å². The van der Waals surface area contributed by atoms with Crippen molar-refractivity contribution in [3.63, 3.8) is 0 Å². The van der Waals surface area contributed by atoms with Crippen LogP contribution in [0.2, 0.25) is 0 Å². The van der Waals surface area contributed by atoms with Gasteiger partial charge >= 0.3 is 0 Å². The third kappa shape index (κ3) is 5.03. The molecule has 0 saturated carbocycles. The molecular weight excluding hydrogens is 224 g/mol. The van der Waals surface area contributed by atoms with Crippen LogP contribution in [-0.2, 0) is 15.9 Å². The van der Waals surface area contributed by atoms with Gasteiger partial charge in [-0.15, -0.1) is 11.3 Å². The summed E-state index contributed by atoms with van der Waals surface area (Å²) >= 11 is 1.71. The first-order valence-electron chi connectivity index (χ1n) is 5.41. The van der Waals surface area contributed by atoms with Gasteiger partial charge in [0.25, 0.3) is 0 Å². The summed E-state index contributed by atoms with van der Waals surface area (Å²) in [5.41, 5.74) is 1.09. The van der Waals surface area contributed by atoms with Gasteiger partial charge in [0, 0.05) is 30.6 Å². The fraction of sp³-hybridized carbons (Fsp3) is 0.727. The normalized spacial score (nSPS) is 12.9. The molecule has 5 heteroatoms. The lowest BCUT2D eigenvalue weighted by atomic mass is 10.2. The Morgan fingerprint density at radius 1 is 1.50 bits per heavy atom. The van der Waals surface area contributed by atoms with Crippen LogP contribution in [0.3, 0.4) is 0 Å². The number of methoxy groups -OCH3 is 1. The summed E-state index contributed by atoms with van der Waals surface area (Å²) in [6, 6.07) is 0.322. The zero-order valence-electron chi connectivity index (χ0n) is 10.2. The number of hydrogen-bond donors (Lipinski definition) is 1. The van der Waals surface area contributed by atoms with E-state index in [2.05, 4.69) is 15.7 Å². The first-order chi connectivity index (χ1) is 7.76. The molecule has 1 aromatic heterocycles. The number of aryl methyl sites for hydroxylation is 1. The maximum absolute atomic E-state index is 5.50. The van der Waals surface area contributed by atoms with Gasteiger partial charge in [0.1, 0.15) is 0 Å². The Labute approximate surface area is 101 Å². The average molecular weight is 244 g/mol. The molecule has 1 unspecified atom stereocenters. The predicted molar refractivity (Wildman–Crippen MR) is 66.1 cm³/mol. The van der Waals surface area contributed by atoms with Gasteiger partial charge in [-0.25, -0.2) is 4.98 Å². The van der Waals surface area contributed by atoms with E-state index >= 15 is 0 Å². The highest BCUT2D eigenvalue weighted by atomic mass is 32.1. The van der Waals surface area contributed by atoms with E-state index in [-0.39, 0.29) is 0 Å². The molecule has 0 aliphatic carbocycles. The second kappa shape index (κ2) is 7.73. The van der Waals surface area contributed by atoms with Crippen molar-refractivity contribution in [1.82, 2.24) is 10.3 Å². The maximum atomic E-state index is 5.50. The molecule has 0 saturated heterocycles. The van der Waals surface area contributed by atoms with Crippen molar-refractivity contribution in [2.24, 2.45) is 0 Å². The topological polar surface area (TPSA) is 43.4 Å². The highest BCUT2D eigenvalue weighted by Gasteiger charge is 2.09. The van der Waals surface area contributed by atoms with Gasteiger partial charge in [-0.1, -0.05) is 0 Å². The Bertz CT molecular complexity index is 291. The highest BCUT2D eigenvalue weighted by molar-refractivity contribution is 7.09. The number of likely N-dealkylation sites (N-methyl/N-ethyl adjacent to an activating group) is 1. The van der Waals surface area contributed by atoms with Gasteiger partial charge in [-0.2, -0.15) is 0 Å². The minimum Gasteiger partial charge on any atom is -0.382 e. The van der Waals surface area contributed by atoms with E-state index in [0.717, 1.165) is 17.1 Å². The van der Waals surface area contributed by atoms with Crippen LogP contribution in [0.5, 0.6) is 0 Å². The fourth-order valence-corrected chi connectivity index (χ4v) is 2.17. The van der Waals surface area contributed by atoms with E-state index in [1.54, 1.807) is 18.4 Å². The molecule has 1 N–H and O–H groups in total. The second-order valence-electron chi connectivity index (χ2n) is 3.64. The Balaban J connectivity index is 2.26. The van der Waals surface area contributed by atoms with Crippen molar-refractivity contribution < 1.29 is 9.47 Å². The molecule has 0 aliphatic rings. The fourth-order valence-electron chi connectivity index (χ4n) is 1.32. The van der Waals surface area contributed by atoms with Gasteiger partial charge < -0.3 is 14.8 Å². The van der Waals surface area contributed by atoms with Gasteiger partial charge in [-0.05, 0) is 14.0 Å². The molecule has 1 rings (SSSR count). The lowest BCUT2D eigenvalue weighted by Gasteiger charge is -2.14. The van der Waals surface area contributed by atoms with E-state index in [1.807, 2.05) is 14.0 Å². The van der Waals surface area contributed by atoms with Gasteiger partial charge in [0.05, 0.1) is 24.8 Å². The molecule has 0 radical (unpaired) electrons. The first kappa shape index (κ1) is 13.6. The van der Waals surface area contributed by atoms with Crippen molar-refractivity contribution in [2.45, 2.75) is 19.4 Å². The Morgan fingerprint density at radius 2 is 2.31 bits per heavy atom. The lowest BCUT2D eigenvalue weighted by Crippen LogP contribution is -2.33. The predicted octanol–water partition coefficient (Wildman–Crippen LogP) is 1.25.